The number of rotatable bonds is 21. The van der Waals surface area contributed by atoms with Crippen LogP contribution in [-0.2, 0) is 71.7 Å². The number of carbonyl (C=O) groups excluding carboxylic acids is 12. The van der Waals surface area contributed by atoms with Crippen molar-refractivity contribution in [3.05, 3.63) is 24.3 Å². The quantitative estimate of drug-likeness (QED) is 0.0199. The van der Waals surface area contributed by atoms with Crippen molar-refractivity contribution in [3.8, 4) is 0 Å². The molecule has 0 aliphatic carbocycles. The van der Waals surface area contributed by atoms with Gasteiger partial charge in [-0.1, -0.05) is 68.4 Å². The van der Waals surface area contributed by atoms with E-state index >= 15 is 0 Å². The molecule has 7 atom stereocenters. The van der Waals surface area contributed by atoms with E-state index in [2.05, 4.69) is 62.5 Å². The number of imide groups is 1. The standard InChI is InChI=1S/C52H82N8O16S4/c1-11-79-80-23-15-13-17-33-25-38(62)55-35(18-20-39(63)75-51(6,7)8)46(68)59-50(72)58-44(31(4)5)49(71)60(27-42(66)74-33)29-52(9,10)76-40(64)21-19-34-45(67)56-36(28-78)47(69)57-43(30(2)3)48(70)53-26-41(65)73-32(16-12-14-22-77)24-37(61)54-34/h12-13,16-17,30-36,43-44,77-78H,11,14-15,18-29H2,1-10H3,(H,53,70)(H,54,61)(H,55,62)(H,56,67)(H,57,69)(H2,58,59,68,72)/b16-12+,17-13+/t32-,33-,34-,35-,36-,43-,44-/m1/s1. The summed E-state index contributed by atoms with van der Waals surface area (Å²) in [6, 6.07) is -8.01. The Morgan fingerprint density at radius 3 is 1.75 bits per heavy atom. The zero-order valence-electron chi connectivity index (χ0n) is 47.3. The van der Waals surface area contributed by atoms with Gasteiger partial charge in [-0.15, -0.1) is 0 Å². The highest BCUT2D eigenvalue weighted by atomic mass is 33.1. The molecule has 7 N–H and O–H groups in total. The van der Waals surface area contributed by atoms with Gasteiger partial charge in [0.05, 0.1) is 19.4 Å². The smallest absolute Gasteiger partial charge is 0.326 e. The van der Waals surface area contributed by atoms with Crippen LogP contribution >= 0.6 is 46.8 Å². The molecule has 0 bridgehead atoms. The second-order valence-electron chi connectivity index (χ2n) is 21.1. The van der Waals surface area contributed by atoms with Crippen LogP contribution in [0, 0.1) is 11.8 Å². The van der Waals surface area contributed by atoms with Crippen molar-refractivity contribution >= 4 is 118 Å². The number of hydrogen-bond donors (Lipinski definition) is 9. The average Bonchev–Trinajstić information content (AvgIpc) is 3.34. The van der Waals surface area contributed by atoms with Gasteiger partial charge in [-0.25, -0.2) is 4.79 Å². The van der Waals surface area contributed by atoms with Gasteiger partial charge < -0.3 is 55.7 Å². The minimum Gasteiger partial charge on any atom is -0.460 e. The lowest BCUT2D eigenvalue weighted by atomic mass is 10.0. The SMILES string of the molecule is CCSSCC/C=C/[C@@H]1CC(=O)N[C@H](CCC(=O)OC(C)(C)C)C(=O)NC(=O)N[C@H](C(C)C)C(=O)N(CC(C)(C)OC(=O)CC[C@H]2NC(=O)C[C@@H](/C=C/CCS)OC(=O)CNC(=O)[C@@H](C(C)C)NC(=O)[C@@H](CS)NC2=O)CC(=O)O1. The number of nitrogens with zero attached hydrogens (tertiary/aromatic N) is 1. The van der Waals surface area contributed by atoms with Crippen LogP contribution in [0.2, 0.25) is 0 Å². The van der Waals surface area contributed by atoms with Crippen molar-refractivity contribution < 1.29 is 76.5 Å². The van der Waals surface area contributed by atoms with Crippen LogP contribution in [0.5, 0.6) is 0 Å². The Bertz CT molecular complexity index is 2240. The van der Waals surface area contributed by atoms with Crippen LogP contribution in [0.3, 0.4) is 0 Å². The van der Waals surface area contributed by atoms with E-state index in [1.54, 1.807) is 82.2 Å². The van der Waals surface area contributed by atoms with E-state index in [9.17, 15) is 57.5 Å². The van der Waals surface area contributed by atoms with Crippen molar-refractivity contribution in [2.75, 3.05) is 42.6 Å². The molecule has 2 fully saturated rings. The molecule has 80 heavy (non-hydrogen) atoms. The molecule has 2 heterocycles. The molecule has 0 aromatic rings. The molecule has 24 nitrogen and oxygen atoms in total. The summed E-state index contributed by atoms with van der Waals surface area (Å²) in [5.74, 6) is -8.81. The first kappa shape index (κ1) is 70.6. The number of allylic oxidation sites excluding steroid dienone is 2. The summed E-state index contributed by atoms with van der Waals surface area (Å²) in [4.78, 5) is 164. The Kier molecular flexibility index (Phi) is 31.2. The molecule has 0 radical (unpaired) electrons. The van der Waals surface area contributed by atoms with Gasteiger partial charge in [0.25, 0.3) is 5.91 Å². The summed E-state index contributed by atoms with van der Waals surface area (Å²) in [5, 5.41) is 17.2. The van der Waals surface area contributed by atoms with Crippen LogP contribution < -0.4 is 37.2 Å². The number of amides is 9. The Morgan fingerprint density at radius 2 is 1.21 bits per heavy atom. The van der Waals surface area contributed by atoms with Gasteiger partial charge in [0, 0.05) is 30.1 Å². The van der Waals surface area contributed by atoms with Crippen molar-refractivity contribution in [1.29, 1.82) is 0 Å². The predicted octanol–water partition coefficient (Wildman–Crippen LogP) is 2.39. The molecule has 2 aliphatic heterocycles. The largest absolute Gasteiger partial charge is 0.460 e. The van der Waals surface area contributed by atoms with Gasteiger partial charge in [-0.3, -0.25) is 58.1 Å². The van der Waals surface area contributed by atoms with Gasteiger partial charge in [0.2, 0.25) is 35.4 Å². The minimum absolute atomic E-state index is 0.258. The summed E-state index contributed by atoms with van der Waals surface area (Å²) in [6.07, 6.45) is 2.31. The topological polar surface area (TPSA) is 329 Å². The molecule has 9 amide bonds. The summed E-state index contributed by atoms with van der Waals surface area (Å²) >= 11 is 8.41. The zero-order chi connectivity index (χ0) is 60.3. The third-order valence-corrected chi connectivity index (χ3v) is 14.6. The van der Waals surface area contributed by atoms with Crippen LogP contribution in [0.15, 0.2) is 24.3 Å². The van der Waals surface area contributed by atoms with Crippen molar-refractivity contribution in [2.45, 2.75) is 174 Å². The van der Waals surface area contributed by atoms with Gasteiger partial charge in [-0.2, -0.15) is 25.3 Å². The lowest BCUT2D eigenvalue weighted by Gasteiger charge is -2.35. The number of ether oxygens (including phenoxy) is 4. The predicted molar refractivity (Wildman–Crippen MR) is 307 cm³/mol. The lowest BCUT2D eigenvalue weighted by molar-refractivity contribution is -0.164. The van der Waals surface area contributed by atoms with Crippen molar-refractivity contribution in [1.82, 2.24) is 42.1 Å². The molecule has 2 aliphatic rings. The fraction of sp³-hybridized carbons (Fsp3) is 0.692. The number of carbonyl (C=O) groups is 12. The third-order valence-electron chi connectivity index (χ3n) is 11.4. The maximum absolute atomic E-state index is 14.6. The van der Waals surface area contributed by atoms with Crippen LogP contribution in [0.4, 0.5) is 4.79 Å². The summed E-state index contributed by atoms with van der Waals surface area (Å²) < 4.78 is 22.5. The molecular weight excluding hydrogens is 1120 g/mol. The van der Waals surface area contributed by atoms with E-state index in [4.69, 9.17) is 18.9 Å². The maximum atomic E-state index is 14.6. The number of esters is 4. The van der Waals surface area contributed by atoms with Crippen LogP contribution in [0.25, 0.3) is 0 Å². The molecule has 0 unspecified atom stereocenters. The number of hydrogen-bond acceptors (Lipinski definition) is 20. The number of urea groups is 1. The maximum Gasteiger partial charge on any atom is 0.326 e. The molecule has 28 heteroatoms. The Labute approximate surface area is 487 Å². The Balaban J connectivity index is 2.52. The van der Waals surface area contributed by atoms with Crippen LogP contribution in [-0.4, -0.2) is 172 Å². The lowest BCUT2D eigenvalue weighted by Crippen LogP contribution is -2.59. The van der Waals surface area contributed by atoms with E-state index in [1.807, 2.05) is 6.92 Å². The van der Waals surface area contributed by atoms with Crippen molar-refractivity contribution in [2.24, 2.45) is 11.8 Å². The second-order valence-corrected chi connectivity index (χ2v) is 24.7. The van der Waals surface area contributed by atoms with Gasteiger partial charge in [0.1, 0.15) is 66.7 Å². The fourth-order valence-electron chi connectivity index (χ4n) is 7.70. The second kappa shape index (κ2) is 35.4. The Hall–Kier alpha value is -5.48. The summed E-state index contributed by atoms with van der Waals surface area (Å²) in [6.45, 7) is 14.4. The zero-order valence-corrected chi connectivity index (χ0v) is 50.7. The highest BCUT2D eigenvalue weighted by molar-refractivity contribution is 8.76. The van der Waals surface area contributed by atoms with Crippen LogP contribution in [0.1, 0.15) is 121 Å². The minimum atomic E-state index is -1.64. The normalized spacial score (nSPS) is 23.4. The monoisotopic (exact) mass is 1200 g/mol. The number of thiol groups is 2. The first-order valence-corrected chi connectivity index (χ1v) is 30.2. The van der Waals surface area contributed by atoms with Crippen molar-refractivity contribution in [3.63, 3.8) is 0 Å². The highest BCUT2D eigenvalue weighted by Crippen LogP contribution is 2.22. The first-order chi connectivity index (χ1) is 37.5. The molecule has 2 rings (SSSR count). The third kappa shape index (κ3) is 27.8. The summed E-state index contributed by atoms with van der Waals surface area (Å²) in [5.41, 5.74) is -2.49. The van der Waals surface area contributed by atoms with E-state index in [0.717, 1.165) is 10.7 Å². The Morgan fingerprint density at radius 1 is 0.675 bits per heavy atom. The molecule has 0 saturated carbocycles. The molecule has 2 saturated heterocycles. The van der Waals surface area contributed by atoms with Gasteiger partial charge >= 0.3 is 29.9 Å². The van der Waals surface area contributed by atoms with E-state index in [1.165, 1.54) is 26.0 Å². The summed E-state index contributed by atoms with van der Waals surface area (Å²) in [7, 11) is 3.27. The highest BCUT2D eigenvalue weighted by Gasteiger charge is 2.38. The van der Waals surface area contributed by atoms with E-state index in [0.29, 0.717) is 24.3 Å². The molecular formula is C52H82N8O16S4. The van der Waals surface area contributed by atoms with E-state index < -0.39 is 182 Å². The van der Waals surface area contributed by atoms with E-state index in [-0.39, 0.29) is 18.6 Å². The molecule has 0 aromatic heterocycles. The molecule has 0 aromatic carbocycles. The molecule has 450 valence electrons. The number of nitrogens with one attached hydrogen (secondary N) is 7. The number of cyclic esters (lactones) is 2. The van der Waals surface area contributed by atoms with Gasteiger partial charge in [0.15, 0.2) is 0 Å². The fourth-order valence-corrected chi connectivity index (χ4v) is 9.77. The van der Waals surface area contributed by atoms with Gasteiger partial charge in [-0.05, 0) is 90.0 Å². The molecule has 0 spiro atoms. The first-order valence-electron chi connectivity index (χ1n) is 26.5. The average molecular weight is 1200 g/mol.